The van der Waals surface area contributed by atoms with Crippen molar-refractivity contribution in [2.45, 2.75) is 13.8 Å². The van der Waals surface area contributed by atoms with Gasteiger partial charge < -0.3 is 9.47 Å². The number of urea groups is 1. The molecule has 31 heavy (non-hydrogen) atoms. The fraction of sp³-hybridized carbons (Fsp3) is 0.143. The number of ether oxygens (including phenoxy) is 2. The fourth-order valence-electron chi connectivity index (χ4n) is 2.82. The number of hydrogen-bond acceptors (Lipinski definition) is 6. The van der Waals surface area contributed by atoms with E-state index < -0.39 is 23.8 Å². The average Bonchev–Trinajstić information content (AvgIpc) is 2.68. The number of halogens is 2. The van der Waals surface area contributed by atoms with E-state index in [1.165, 1.54) is 38.3 Å². The van der Waals surface area contributed by atoms with Gasteiger partial charge in [0.1, 0.15) is 5.57 Å². The highest BCUT2D eigenvalue weighted by Crippen LogP contribution is 2.35. The molecular weight excluding hydrogens is 492 g/mol. The zero-order chi connectivity index (χ0) is 22.9. The number of methoxy groups -OCH3 is 1. The number of carbonyl (C=O) groups is 4. The molecule has 0 aromatic heterocycles. The third-order valence-electron chi connectivity index (χ3n) is 4.35. The van der Waals surface area contributed by atoms with Crippen molar-refractivity contribution in [2.24, 2.45) is 0 Å². The van der Waals surface area contributed by atoms with E-state index in [1.807, 2.05) is 0 Å². The summed E-state index contributed by atoms with van der Waals surface area (Å²) >= 11 is 9.45. The Morgan fingerprint density at radius 2 is 1.87 bits per heavy atom. The van der Waals surface area contributed by atoms with Crippen molar-refractivity contribution in [3.05, 3.63) is 56.5 Å². The van der Waals surface area contributed by atoms with Crippen molar-refractivity contribution in [2.75, 3.05) is 12.0 Å². The minimum atomic E-state index is -0.881. The average molecular weight is 508 g/mol. The van der Waals surface area contributed by atoms with Crippen LogP contribution in [0.2, 0.25) is 5.02 Å². The smallest absolute Gasteiger partial charge is 0.335 e. The van der Waals surface area contributed by atoms with Gasteiger partial charge in [-0.2, -0.15) is 0 Å². The number of nitrogens with zero attached hydrogens (tertiary/aromatic N) is 1. The van der Waals surface area contributed by atoms with E-state index >= 15 is 0 Å². The maximum absolute atomic E-state index is 13.0. The Kier molecular flexibility index (Phi) is 6.47. The van der Waals surface area contributed by atoms with Gasteiger partial charge in [0.05, 0.1) is 12.8 Å². The molecule has 1 saturated heterocycles. The predicted molar refractivity (Wildman–Crippen MR) is 117 cm³/mol. The summed E-state index contributed by atoms with van der Waals surface area (Å²) in [5.74, 6) is -1.83. The van der Waals surface area contributed by atoms with Crippen molar-refractivity contribution in [1.82, 2.24) is 5.32 Å². The standard InChI is InChI=1S/C21H16BrClN2O6/c1-10-4-5-13(8-16(10)23)25-20(28)14(19(27)24-21(25)29)6-12-7-17(30-3)18(9-15(12)22)31-11(2)26/h4-9H,1-3H3,(H,24,27,29)/b14-6-. The Bertz CT molecular complexity index is 1160. The van der Waals surface area contributed by atoms with Gasteiger partial charge in [-0.25, -0.2) is 9.69 Å². The molecule has 1 aliphatic rings. The Hall–Kier alpha value is -3.17. The molecule has 0 unspecified atom stereocenters. The lowest BCUT2D eigenvalue weighted by Crippen LogP contribution is -2.54. The van der Waals surface area contributed by atoms with E-state index in [2.05, 4.69) is 21.2 Å². The second-order valence-electron chi connectivity index (χ2n) is 6.51. The highest BCUT2D eigenvalue weighted by atomic mass is 79.9. The molecule has 1 N–H and O–H groups in total. The van der Waals surface area contributed by atoms with Crippen LogP contribution in [0.3, 0.4) is 0 Å². The summed E-state index contributed by atoms with van der Waals surface area (Å²) in [6.45, 7) is 3.03. The number of anilines is 1. The molecule has 0 spiro atoms. The summed E-state index contributed by atoms with van der Waals surface area (Å²) in [6, 6.07) is 6.76. The third-order valence-corrected chi connectivity index (χ3v) is 5.45. The quantitative estimate of drug-likeness (QED) is 0.290. The lowest BCUT2D eigenvalue weighted by molar-refractivity contribution is -0.132. The number of esters is 1. The molecule has 2 aromatic rings. The molecule has 8 nitrogen and oxygen atoms in total. The van der Waals surface area contributed by atoms with Gasteiger partial charge in [-0.15, -0.1) is 0 Å². The number of carbonyl (C=O) groups excluding carboxylic acids is 4. The van der Waals surface area contributed by atoms with E-state index in [1.54, 1.807) is 19.1 Å². The lowest BCUT2D eigenvalue weighted by Gasteiger charge is -2.26. The molecule has 0 bridgehead atoms. The summed E-state index contributed by atoms with van der Waals surface area (Å²) in [4.78, 5) is 49.9. The Morgan fingerprint density at radius 3 is 2.48 bits per heavy atom. The molecule has 4 amide bonds. The first-order valence-corrected chi connectivity index (χ1v) is 10.0. The molecule has 10 heteroatoms. The van der Waals surface area contributed by atoms with Crippen LogP contribution in [0.5, 0.6) is 11.5 Å². The third kappa shape index (κ3) is 4.62. The van der Waals surface area contributed by atoms with Crippen LogP contribution in [0.25, 0.3) is 6.08 Å². The Balaban J connectivity index is 2.05. The highest BCUT2D eigenvalue weighted by molar-refractivity contribution is 9.10. The minimum Gasteiger partial charge on any atom is -0.493 e. The SMILES string of the molecule is COc1cc(/C=C2/C(=O)NC(=O)N(c3ccc(C)c(Cl)c3)C2=O)c(Br)cc1OC(C)=O. The Morgan fingerprint density at radius 1 is 1.16 bits per heavy atom. The van der Waals surface area contributed by atoms with Crippen LogP contribution in [-0.2, 0) is 14.4 Å². The zero-order valence-electron chi connectivity index (χ0n) is 16.6. The first-order valence-electron chi connectivity index (χ1n) is 8.86. The minimum absolute atomic E-state index is 0.162. The maximum atomic E-state index is 13.0. The van der Waals surface area contributed by atoms with Crippen LogP contribution in [0.4, 0.5) is 10.5 Å². The maximum Gasteiger partial charge on any atom is 0.335 e. The Labute approximate surface area is 190 Å². The summed E-state index contributed by atoms with van der Waals surface area (Å²) in [5.41, 5.74) is 1.10. The predicted octanol–water partition coefficient (Wildman–Crippen LogP) is 4.01. The van der Waals surface area contributed by atoms with Crippen LogP contribution < -0.4 is 19.7 Å². The molecule has 1 aliphatic heterocycles. The molecule has 0 aliphatic carbocycles. The molecule has 1 heterocycles. The van der Waals surface area contributed by atoms with Crippen molar-refractivity contribution >= 4 is 63.1 Å². The van der Waals surface area contributed by atoms with Gasteiger partial charge in [0.15, 0.2) is 11.5 Å². The molecule has 3 rings (SSSR count). The van der Waals surface area contributed by atoms with Gasteiger partial charge in [-0.1, -0.05) is 33.6 Å². The van der Waals surface area contributed by atoms with Crippen LogP contribution in [0.1, 0.15) is 18.1 Å². The van der Waals surface area contributed by atoms with E-state index in [0.717, 1.165) is 10.5 Å². The van der Waals surface area contributed by atoms with Crippen molar-refractivity contribution < 1.29 is 28.7 Å². The topological polar surface area (TPSA) is 102 Å². The van der Waals surface area contributed by atoms with Gasteiger partial charge in [-0.3, -0.25) is 19.7 Å². The van der Waals surface area contributed by atoms with Gasteiger partial charge in [-0.05, 0) is 48.4 Å². The molecule has 2 aromatic carbocycles. The molecule has 160 valence electrons. The first kappa shape index (κ1) is 22.5. The molecule has 0 radical (unpaired) electrons. The molecule has 1 fully saturated rings. The van der Waals surface area contributed by atoms with Gasteiger partial charge in [0.2, 0.25) is 0 Å². The number of imide groups is 2. The van der Waals surface area contributed by atoms with Crippen LogP contribution in [0, 0.1) is 6.92 Å². The molecule has 0 atom stereocenters. The second-order valence-corrected chi connectivity index (χ2v) is 7.77. The summed E-state index contributed by atoms with van der Waals surface area (Å²) in [7, 11) is 1.38. The number of benzene rings is 2. The second kappa shape index (κ2) is 8.91. The van der Waals surface area contributed by atoms with E-state index in [4.69, 9.17) is 21.1 Å². The van der Waals surface area contributed by atoms with Crippen molar-refractivity contribution in [3.8, 4) is 11.5 Å². The van der Waals surface area contributed by atoms with Crippen LogP contribution >= 0.6 is 27.5 Å². The van der Waals surface area contributed by atoms with E-state index in [0.29, 0.717) is 15.1 Å². The van der Waals surface area contributed by atoms with Crippen LogP contribution in [0.15, 0.2) is 40.4 Å². The monoisotopic (exact) mass is 506 g/mol. The van der Waals surface area contributed by atoms with Crippen molar-refractivity contribution in [1.29, 1.82) is 0 Å². The summed E-state index contributed by atoms with van der Waals surface area (Å²) in [6.07, 6.45) is 1.30. The largest absolute Gasteiger partial charge is 0.493 e. The summed E-state index contributed by atoms with van der Waals surface area (Å²) < 4.78 is 10.7. The molecule has 0 saturated carbocycles. The number of barbiturate groups is 1. The molecular formula is C21H16BrClN2O6. The summed E-state index contributed by atoms with van der Waals surface area (Å²) in [5, 5.41) is 2.52. The van der Waals surface area contributed by atoms with Gasteiger partial charge in [0.25, 0.3) is 11.8 Å². The highest BCUT2D eigenvalue weighted by Gasteiger charge is 2.37. The van der Waals surface area contributed by atoms with Gasteiger partial charge >= 0.3 is 12.0 Å². The number of amides is 4. The number of hydrogen-bond donors (Lipinski definition) is 1. The number of nitrogens with one attached hydrogen (secondary N) is 1. The first-order chi connectivity index (χ1) is 14.6. The number of aryl methyl sites for hydroxylation is 1. The van der Waals surface area contributed by atoms with E-state index in [9.17, 15) is 19.2 Å². The van der Waals surface area contributed by atoms with E-state index in [-0.39, 0.29) is 22.8 Å². The zero-order valence-corrected chi connectivity index (χ0v) is 19.0. The lowest BCUT2D eigenvalue weighted by atomic mass is 10.1. The fourth-order valence-corrected chi connectivity index (χ4v) is 3.44. The van der Waals surface area contributed by atoms with Gasteiger partial charge in [0, 0.05) is 16.4 Å². The number of rotatable bonds is 4. The van der Waals surface area contributed by atoms with Crippen LogP contribution in [-0.4, -0.2) is 30.9 Å². The van der Waals surface area contributed by atoms with Crippen molar-refractivity contribution in [3.63, 3.8) is 0 Å². The normalized spacial score (nSPS) is 15.2.